The van der Waals surface area contributed by atoms with Gasteiger partial charge in [-0.15, -0.1) is 0 Å². The normalized spacial score (nSPS) is 22.4. The smallest absolute Gasteiger partial charge is 0.266 e. The van der Waals surface area contributed by atoms with Gasteiger partial charge in [-0.05, 0) is 54.1 Å². The molecule has 2 aliphatic rings. The minimum Gasteiger partial charge on any atom is -0.504 e. The molecule has 3 aromatic carbocycles. The number of nitrogens with zero attached hydrogens (tertiary/aromatic N) is 2. The van der Waals surface area contributed by atoms with Gasteiger partial charge in [0.15, 0.2) is 17.6 Å². The number of fused-ring (bicyclic) bond motifs is 1. The molecule has 0 aliphatic carbocycles. The lowest BCUT2D eigenvalue weighted by molar-refractivity contribution is -0.126. The van der Waals surface area contributed by atoms with Crippen molar-refractivity contribution in [2.45, 2.75) is 12.1 Å². The Morgan fingerprint density at radius 3 is 2.34 bits per heavy atom. The van der Waals surface area contributed by atoms with E-state index in [4.69, 9.17) is 21.2 Å². The number of amides is 2. The number of anilines is 2. The number of para-hydroxylation sites is 1. The van der Waals surface area contributed by atoms with Crippen LogP contribution in [-0.2, 0) is 14.4 Å². The quantitative estimate of drug-likeness (QED) is 0.603. The molecule has 3 unspecified atom stereocenters. The number of hydroxylamine groups is 1. The fourth-order valence-electron chi connectivity index (χ4n) is 4.28. The van der Waals surface area contributed by atoms with Crippen LogP contribution in [0.2, 0.25) is 5.02 Å². The summed E-state index contributed by atoms with van der Waals surface area (Å²) in [7, 11) is 1.45. The molecular weight excluding hydrogens is 432 g/mol. The van der Waals surface area contributed by atoms with Crippen LogP contribution in [0, 0.1) is 5.92 Å². The third kappa shape index (κ3) is 3.18. The van der Waals surface area contributed by atoms with Gasteiger partial charge in [0.1, 0.15) is 5.92 Å². The number of benzene rings is 3. The van der Waals surface area contributed by atoms with Crippen LogP contribution in [-0.4, -0.2) is 30.1 Å². The molecule has 162 valence electrons. The number of rotatable bonds is 4. The second kappa shape index (κ2) is 7.85. The Morgan fingerprint density at radius 2 is 1.66 bits per heavy atom. The third-order valence-corrected chi connectivity index (χ3v) is 6.01. The van der Waals surface area contributed by atoms with E-state index in [2.05, 4.69) is 0 Å². The van der Waals surface area contributed by atoms with Gasteiger partial charge in [0, 0.05) is 5.02 Å². The van der Waals surface area contributed by atoms with Crippen LogP contribution in [0.25, 0.3) is 0 Å². The number of aromatic hydroxyl groups is 1. The van der Waals surface area contributed by atoms with Crippen LogP contribution in [0.5, 0.6) is 11.5 Å². The highest BCUT2D eigenvalue weighted by Crippen LogP contribution is 2.48. The van der Waals surface area contributed by atoms with Gasteiger partial charge < -0.3 is 9.84 Å². The fraction of sp³-hybridized carbons (Fsp3) is 0.167. The molecule has 0 spiro atoms. The number of hydrogen-bond donors (Lipinski definition) is 1. The molecule has 32 heavy (non-hydrogen) atoms. The molecule has 0 bridgehead atoms. The molecular formula is C24H19ClN2O5. The number of phenolic OH excluding ortho intramolecular Hbond substituents is 1. The number of carbonyl (C=O) groups is 2. The van der Waals surface area contributed by atoms with E-state index in [1.165, 1.54) is 13.2 Å². The highest BCUT2D eigenvalue weighted by molar-refractivity contribution is 6.31. The molecule has 2 heterocycles. The Kier molecular flexibility index (Phi) is 5.00. The second-order valence-corrected chi connectivity index (χ2v) is 8.01. The summed E-state index contributed by atoms with van der Waals surface area (Å²) >= 11 is 5.97. The second-order valence-electron chi connectivity index (χ2n) is 7.58. The van der Waals surface area contributed by atoms with Gasteiger partial charge in [0.05, 0.1) is 24.5 Å². The summed E-state index contributed by atoms with van der Waals surface area (Å²) < 4.78 is 5.26. The predicted octanol–water partition coefficient (Wildman–Crippen LogP) is 4.11. The number of ether oxygens (including phenoxy) is 1. The largest absolute Gasteiger partial charge is 0.504 e. The number of carbonyl (C=O) groups excluding carboxylic acids is 2. The zero-order valence-corrected chi connectivity index (χ0v) is 17.8. The maximum Gasteiger partial charge on any atom is 0.266 e. The van der Waals surface area contributed by atoms with E-state index < -0.39 is 24.0 Å². The molecule has 1 N–H and O–H groups in total. The lowest BCUT2D eigenvalue weighted by Crippen LogP contribution is -2.37. The number of hydrogen-bond acceptors (Lipinski definition) is 6. The summed E-state index contributed by atoms with van der Waals surface area (Å²) in [6, 6.07) is 20.0. The van der Waals surface area contributed by atoms with E-state index in [1.54, 1.807) is 41.5 Å². The first-order valence-corrected chi connectivity index (χ1v) is 10.4. The molecule has 2 fully saturated rings. The van der Waals surface area contributed by atoms with Crippen LogP contribution >= 0.6 is 11.6 Å². The van der Waals surface area contributed by atoms with Gasteiger partial charge in [-0.1, -0.05) is 35.9 Å². The molecule has 2 aliphatic heterocycles. The van der Waals surface area contributed by atoms with Crippen molar-refractivity contribution in [2.75, 3.05) is 17.1 Å². The van der Waals surface area contributed by atoms with Crippen molar-refractivity contribution in [3.8, 4) is 11.5 Å². The molecule has 7 nitrogen and oxygen atoms in total. The van der Waals surface area contributed by atoms with Gasteiger partial charge >= 0.3 is 0 Å². The van der Waals surface area contributed by atoms with Crippen LogP contribution in [0.15, 0.2) is 72.8 Å². The van der Waals surface area contributed by atoms with E-state index >= 15 is 0 Å². The highest BCUT2D eigenvalue weighted by atomic mass is 35.5. The van der Waals surface area contributed by atoms with Gasteiger partial charge in [-0.3, -0.25) is 14.4 Å². The number of imide groups is 1. The molecule has 3 aromatic rings. The lowest BCUT2D eigenvalue weighted by Gasteiger charge is -2.29. The Morgan fingerprint density at radius 1 is 0.938 bits per heavy atom. The summed E-state index contributed by atoms with van der Waals surface area (Å²) in [6.45, 7) is 0. The third-order valence-electron chi connectivity index (χ3n) is 5.76. The van der Waals surface area contributed by atoms with Gasteiger partial charge in [0.25, 0.3) is 5.91 Å². The monoisotopic (exact) mass is 450 g/mol. The predicted molar refractivity (Wildman–Crippen MR) is 119 cm³/mol. The molecule has 3 atom stereocenters. The Balaban J connectivity index is 1.60. The van der Waals surface area contributed by atoms with Crippen molar-refractivity contribution in [3.63, 3.8) is 0 Å². The standard InChI is InChI=1S/C24H19ClN2O5/c1-31-19-13-14(7-12-18(19)28)21-20-22(32-27(21)17-5-3-2-4-6-17)24(30)26(23(20)29)16-10-8-15(25)9-11-16/h2-13,20-22,28H,1H3. The highest BCUT2D eigenvalue weighted by Gasteiger charge is 2.60. The fourth-order valence-corrected chi connectivity index (χ4v) is 4.40. The van der Waals surface area contributed by atoms with Gasteiger partial charge in [-0.2, -0.15) is 0 Å². The summed E-state index contributed by atoms with van der Waals surface area (Å²) in [5, 5.41) is 12.1. The minimum atomic E-state index is -0.983. The van der Waals surface area contributed by atoms with Crippen LogP contribution in [0.1, 0.15) is 11.6 Å². The molecule has 2 saturated heterocycles. The minimum absolute atomic E-state index is 0.0189. The molecule has 8 heteroatoms. The van der Waals surface area contributed by atoms with E-state index in [0.29, 0.717) is 22.0 Å². The zero-order chi connectivity index (χ0) is 22.4. The van der Waals surface area contributed by atoms with Crippen molar-refractivity contribution < 1.29 is 24.3 Å². The van der Waals surface area contributed by atoms with E-state index in [-0.39, 0.29) is 17.4 Å². The van der Waals surface area contributed by atoms with Crippen LogP contribution < -0.4 is 14.7 Å². The summed E-state index contributed by atoms with van der Waals surface area (Å²) in [5.41, 5.74) is 1.82. The SMILES string of the molecule is COc1cc(C2C3C(=O)N(c4ccc(Cl)cc4)C(=O)C3ON2c2ccccc2)ccc1O. The average molecular weight is 451 g/mol. The Bertz CT molecular complexity index is 1180. The molecule has 0 aromatic heterocycles. The van der Waals surface area contributed by atoms with E-state index in [1.807, 2.05) is 30.3 Å². The lowest BCUT2D eigenvalue weighted by atomic mass is 9.90. The van der Waals surface area contributed by atoms with Crippen molar-refractivity contribution in [1.29, 1.82) is 0 Å². The van der Waals surface area contributed by atoms with E-state index in [9.17, 15) is 14.7 Å². The topological polar surface area (TPSA) is 79.3 Å². The van der Waals surface area contributed by atoms with Crippen molar-refractivity contribution in [2.24, 2.45) is 5.92 Å². The zero-order valence-electron chi connectivity index (χ0n) is 17.0. The summed E-state index contributed by atoms with van der Waals surface area (Å²) in [5.74, 6) is -1.33. The van der Waals surface area contributed by atoms with Crippen molar-refractivity contribution >= 4 is 34.8 Å². The molecule has 5 rings (SSSR count). The van der Waals surface area contributed by atoms with Crippen LogP contribution in [0.4, 0.5) is 11.4 Å². The number of halogens is 1. The molecule has 0 saturated carbocycles. The first kappa shape index (κ1) is 20.4. The Labute approximate surface area is 189 Å². The average Bonchev–Trinajstić information content (AvgIpc) is 3.32. The first-order valence-electron chi connectivity index (χ1n) is 10.0. The van der Waals surface area contributed by atoms with Crippen molar-refractivity contribution in [1.82, 2.24) is 0 Å². The van der Waals surface area contributed by atoms with Crippen molar-refractivity contribution in [3.05, 3.63) is 83.4 Å². The maximum atomic E-state index is 13.5. The van der Waals surface area contributed by atoms with Gasteiger partial charge in [0.2, 0.25) is 5.91 Å². The van der Waals surface area contributed by atoms with Gasteiger partial charge in [-0.25, -0.2) is 9.96 Å². The van der Waals surface area contributed by atoms with Crippen LogP contribution in [0.3, 0.4) is 0 Å². The first-order chi connectivity index (χ1) is 15.5. The summed E-state index contributed by atoms with van der Waals surface area (Å²) in [4.78, 5) is 34.1. The Hall–Kier alpha value is -3.55. The summed E-state index contributed by atoms with van der Waals surface area (Å²) in [6.07, 6.45) is -0.983. The molecule has 0 radical (unpaired) electrons. The number of methoxy groups -OCH3 is 1. The maximum absolute atomic E-state index is 13.5. The molecule has 2 amide bonds. The number of phenols is 1. The van der Waals surface area contributed by atoms with E-state index in [0.717, 1.165) is 4.90 Å².